The number of carbonyl (C=O) groups excluding carboxylic acids is 3. The highest BCUT2D eigenvalue weighted by molar-refractivity contribution is 7.92. The first-order valence-corrected chi connectivity index (χ1v) is 19.0. The van der Waals surface area contributed by atoms with Crippen molar-refractivity contribution in [1.82, 2.24) is 5.48 Å². The molecule has 1 aliphatic carbocycles. The van der Waals surface area contributed by atoms with Crippen molar-refractivity contribution in [2.45, 2.75) is 50.7 Å². The van der Waals surface area contributed by atoms with E-state index in [1.807, 2.05) is 44.2 Å². The van der Waals surface area contributed by atoms with Crippen molar-refractivity contribution in [3.8, 4) is 0 Å². The molecule has 0 saturated heterocycles. The van der Waals surface area contributed by atoms with Crippen LogP contribution in [0.2, 0.25) is 0 Å². The minimum absolute atomic E-state index is 0.0208. The van der Waals surface area contributed by atoms with Crippen LogP contribution in [0.3, 0.4) is 0 Å². The number of ketones is 2. The molecule has 5 rings (SSSR count). The first-order valence-electron chi connectivity index (χ1n) is 15.7. The standard InChI is InChI=1S/C34H38N4O9S2/c1-5-46-29(39)20-38(48(4,42)43)24-15-16-27-28(19-24)49(44,45)36-33(35-27)30-31(40)25-13-9-10-14-26(25)34(32(30)41,18-17-22(2)3)37-47-21-23-11-7-6-8-12-23/h6-16,19,22,30,37H,5,17-18,20-21H2,1-4H3,(H,35,36). The number of sulfonamides is 2. The van der Waals surface area contributed by atoms with Gasteiger partial charge in [0.25, 0.3) is 10.0 Å². The molecule has 3 aromatic carbocycles. The summed E-state index contributed by atoms with van der Waals surface area (Å²) in [4.78, 5) is 46.5. The fourth-order valence-corrected chi connectivity index (χ4v) is 7.89. The molecule has 3 aromatic rings. The lowest BCUT2D eigenvalue weighted by atomic mass is 9.67. The number of fused-ring (bicyclic) bond motifs is 2. The molecule has 15 heteroatoms. The smallest absolute Gasteiger partial charge is 0.326 e. The number of ether oxygens (including phenoxy) is 1. The molecule has 0 radical (unpaired) electrons. The number of esters is 1. The highest BCUT2D eigenvalue weighted by Crippen LogP contribution is 2.42. The van der Waals surface area contributed by atoms with Crippen LogP contribution in [0.5, 0.6) is 0 Å². The van der Waals surface area contributed by atoms with Gasteiger partial charge < -0.3 is 10.1 Å². The highest BCUT2D eigenvalue weighted by Gasteiger charge is 2.54. The van der Waals surface area contributed by atoms with Gasteiger partial charge in [0.2, 0.25) is 10.0 Å². The summed E-state index contributed by atoms with van der Waals surface area (Å²) in [7, 11) is -8.63. The van der Waals surface area contributed by atoms with Gasteiger partial charge in [0.1, 0.15) is 28.7 Å². The number of hydrogen-bond donors (Lipinski definition) is 2. The summed E-state index contributed by atoms with van der Waals surface area (Å²) in [6.07, 6.45) is 1.67. The van der Waals surface area contributed by atoms with Crippen molar-refractivity contribution < 1.29 is 40.8 Å². The molecule has 2 N–H and O–H groups in total. The fourth-order valence-electron chi connectivity index (χ4n) is 5.88. The topological polar surface area (TPSA) is 178 Å². The second kappa shape index (κ2) is 14.2. The molecule has 0 aromatic heterocycles. The van der Waals surface area contributed by atoms with Crippen LogP contribution in [-0.2, 0) is 51.4 Å². The second-order valence-electron chi connectivity index (χ2n) is 12.3. The zero-order valence-electron chi connectivity index (χ0n) is 27.5. The summed E-state index contributed by atoms with van der Waals surface area (Å²) in [5.41, 5.74) is 2.80. The number of rotatable bonds is 13. The maximum atomic E-state index is 14.7. The zero-order valence-corrected chi connectivity index (χ0v) is 29.1. The lowest BCUT2D eigenvalue weighted by Crippen LogP contribution is -2.59. The van der Waals surface area contributed by atoms with Crippen LogP contribution in [0.15, 0.2) is 82.1 Å². The predicted molar refractivity (Wildman–Crippen MR) is 183 cm³/mol. The Morgan fingerprint density at radius 1 is 1.06 bits per heavy atom. The largest absolute Gasteiger partial charge is 0.465 e. The Morgan fingerprint density at radius 3 is 2.43 bits per heavy atom. The van der Waals surface area contributed by atoms with Crippen LogP contribution < -0.4 is 15.1 Å². The minimum Gasteiger partial charge on any atom is -0.465 e. The van der Waals surface area contributed by atoms with E-state index >= 15 is 0 Å². The Kier molecular flexibility index (Phi) is 10.4. The van der Waals surface area contributed by atoms with Crippen LogP contribution in [0.1, 0.15) is 55.1 Å². The van der Waals surface area contributed by atoms with Gasteiger partial charge in [-0.1, -0.05) is 68.4 Å². The molecule has 1 aliphatic heterocycles. The van der Waals surface area contributed by atoms with E-state index in [4.69, 9.17) is 9.57 Å². The van der Waals surface area contributed by atoms with E-state index < -0.39 is 66.3 Å². The summed E-state index contributed by atoms with van der Waals surface area (Å²) in [5, 5.41) is 2.87. The van der Waals surface area contributed by atoms with E-state index in [0.29, 0.717) is 12.0 Å². The molecule has 2 unspecified atom stereocenters. The molecule has 0 saturated carbocycles. The maximum Gasteiger partial charge on any atom is 0.326 e. The molecule has 2 atom stereocenters. The van der Waals surface area contributed by atoms with Gasteiger partial charge in [0, 0.05) is 5.56 Å². The van der Waals surface area contributed by atoms with E-state index in [0.717, 1.165) is 22.2 Å². The van der Waals surface area contributed by atoms with Crippen molar-refractivity contribution in [3.63, 3.8) is 0 Å². The average molecular weight is 711 g/mol. The third-order valence-electron chi connectivity index (χ3n) is 8.29. The molecular formula is C34H38N4O9S2. The number of nitrogens with zero attached hydrogens (tertiary/aromatic N) is 2. The van der Waals surface area contributed by atoms with Gasteiger partial charge in [-0.05, 0) is 55.0 Å². The second-order valence-corrected chi connectivity index (χ2v) is 15.7. The Bertz CT molecular complexity index is 2020. The number of anilines is 2. The Hall–Kier alpha value is -4.44. The summed E-state index contributed by atoms with van der Waals surface area (Å²) in [6.45, 7) is 5.02. The van der Waals surface area contributed by atoms with Crippen molar-refractivity contribution >= 4 is 54.8 Å². The normalized spacial score (nSPS) is 19.8. The summed E-state index contributed by atoms with van der Waals surface area (Å²) >= 11 is 0. The summed E-state index contributed by atoms with van der Waals surface area (Å²) < 4.78 is 62.0. The van der Waals surface area contributed by atoms with Crippen LogP contribution in [0.4, 0.5) is 11.4 Å². The van der Waals surface area contributed by atoms with E-state index in [-0.39, 0.29) is 42.5 Å². The van der Waals surface area contributed by atoms with Crippen molar-refractivity contribution in [1.29, 1.82) is 0 Å². The first-order chi connectivity index (χ1) is 23.2. The number of benzene rings is 3. The number of carbonyl (C=O) groups is 3. The molecule has 2 aliphatic rings. The van der Waals surface area contributed by atoms with Crippen LogP contribution >= 0.6 is 0 Å². The Morgan fingerprint density at radius 2 is 1.76 bits per heavy atom. The molecule has 13 nitrogen and oxygen atoms in total. The number of amidine groups is 1. The van der Waals surface area contributed by atoms with Gasteiger partial charge in [-0.25, -0.2) is 8.42 Å². The monoisotopic (exact) mass is 710 g/mol. The van der Waals surface area contributed by atoms with Gasteiger partial charge in [0.15, 0.2) is 11.6 Å². The van der Waals surface area contributed by atoms with Crippen molar-refractivity contribution in [2.24, 2.45) is 16.2 Å². The van der Waals surface area contributed by atoms with E-state index in [9.17, 15) is 31.2 Å². The third-order valence-corrected chi connectivity index (χ3v) is 10.8. The molecular weight excluding hydrogens is 673 g/mol. The molecule has 0 fully saturated rings. The van der Waals surface area contributed by atoms with Gasteiger partial charge in [-0.15, -0.1) is 4.40 Å². The summed E-state index contributed by atoms with van der Waals surface area (Å²) in [5.74, 6) is -3.97. The molecule has 0 bridgehead atoms. The van der Waals surface area contributed by atoms with E-state index in [1.54, 1.807) is 31.2 Å². The van der Waals surface area contributed by atoms with Crippen molar-refractivity contribution in [2.75, 3.05) is 29.0 Å². The van der Waals surface area contributed by atoms with Crippen LogP contribution in [0, 0.1) is 11.8 Å². The number of hydrogen-bond acceptors (Lipinski definition) is 11. The van der Waals surface area contributed by atoms with Gasteiger partial charge in [-0.2, -0.15) is 13.9 Å². The molecule has 1 heterocycles. The highest BCUT2D eigenvalue weighted by atomic mass is 32.2. The van der Waals surface area contributed by atoms with Crippen molar-refractivity contribution in [3.05, 3.63) is 89.5 Å². The number of Topliss-reactive ketones (excluding diaryl/α,β-unsaturated/α-hetero) is 2. The molecule has 49 heavy (non-hydrogen) atoms. The van der Waals surface area contributed by atoms with Gasteiger partial charge in [0.05, 0.1) is 30.8 Å². The van der Waals surface area contributed by atoms with E-state index in [1.165, 1.54) is 12.1 Å². The van der Waals surface area contributed by atoms with E-state index in [2.05, 4.69) is 15.2 Å². The number of hydroxylamine groups is 1. The third kappa shape index (κ3) is 7.44. The number of nitrogens with one attached hydrogen (secondary N) is 2. The van der Waals surface area contributed by atoms with Gasteiger partial charge >= 0.3 is 5.97 Å². The van der Waals surface area contributed by atoms with Crippen LogP contribution in [-0.4, -0.2) is 59.6 Å². The Labute approximate surface area is 285 Å². The SMILES string of the molecule is CCOC(=O)CN(c1ccc2c(c1)S(=O)(=O)N=C(C1C(=O)c3ccccc3C(CCC(C)C)(NOCc3ccccc3)C1=O)N2)S(C)(=O)=O. The first kappa shape index (κ1) is 35.9. The molecule has 0 amide bonds. The molecule has 0 spiro atoms. The van der Waals surface area contributed by atoms with Gasteiger partial charge in [-0.3, -0.25) is 23.5 Å². The fraction of sp³-hybridized carbons (Fsp3) is 0.353. The predicted octanol–water partition coefficient (Wildman–Crippen LogP) is 3.96. The zero-order chi connectivity index (χ0) is 35.6. The molecule has 260 valence electrons. The summed E-state index contributed by atoms with van der Waals surface area (Å²) in [6, 6.07) is 19.6. The Balaban J connectivity index is 1.55. The lowest BCUT2D eigenvalue weighted by Gasteiger charge is -2.41. The quantitative estimate of drug-likeness (QED) is 0.149. The van der Waals surface area contributed by atoms with Crippen LogP contribution in [0.25, 0.3) is 0 Å². The lowest BCUT2D eigenvalue weighted by molar-refractivity contribution is -0.141. The minimum atomic E-state index is -4.59. The maximum absolute atomic E-state index is 14.7. The average Bonchev–Trinajstić information content (AvgIpc) is 3.04.